The Labute approximate surface area is 94.7 Å². The first-order chi connectivity index (χ1) is 7.84. The van der Waals surface area contributed by atoms with Crippen LogP contribution in [0.4, 0.5) is 0 Å². The van der Waals surface area contributed by atoms with Gasteiger partial charge in [0.05, 0.1) is 0 Å². The molecule has 0 radical (unpaired) electrons. The summed E-state index contributed by atoms with van der Waals surface area (Å²) in [4.78, 5) is 3.45. The van der Waals surface area contributed by atoms with Gasteiger partial charge in [0.2, 0.25) is 0 Å². The van der Waals surface area contributed by atoms with Crippen molar-refractivity contribution in [3.8, 4) is 11.3 Å². The Morgan fingerprint density at radius 1 is 0.875 bits per heavy atom. The summed E-state index contributed by atoms with van der Waals surface area (Å²) in [7, 11) is 0. The van der Waals surface area contributed by atoms with E-state index in [2.05, 4.69) is 60.4 Å². The van der Waals surface area contributed by atoms with Crippen LogP contribution in [-0.4, -0.2) is 4.98 Å². The molecule has 0 spiro atoms. The lowest BCUT2D eigenvalue weighted by molar-refractivity contribution is 1.45. The second-order valence-electron chi connectivity index (χ2n) is 4.09. The number of benzene rings is 2. The fraction of sp³-hybridized carbons (Fsp3) is 0.0667. The number of aromatic nitrogens is 1. The molecule has 0 aliphatic heterocycles. The van der Waals surface area contributed by atoms with E-state index in [-0.39, 0.29) is 0 Å². The molecule has 1 N–H and O–H groups in total. The van der Waals surface area contributed by atoms with Crippen molar-refractivity contribution in [2.75, 3.05) is 0 Å². The predicted molar refractivity (Wildman–Crippen MR) is 68.5 cm³/mol. The summed E-state index contributed by atoms with van der Waals surface area (Å²) >= 11 is 0. The number of aryl methyl sites for hydroxylation is 1. The Hall–Kier alpha value is -2.02. The van der Waals surface area contributed by atoms with E-state index in [1.165, 1.54) is 27.7 Å². The minimum absolute atomic E-state index is 1.19. The Morgan fingerprint density at radius 2 is 1.69 bits per heavy atom. The first-order valence-corrected chi connectivity index (χ1v) is 5.48. The van der Waals surface area contributed by atoms with Crippen molar-refractivity contribution in [1.82, 2.24) is 4.98 Å². The second kappa shape index (κ2) is 3.53. The molecule has 3 aromatic rings. The van der Waals surface area contributed by atoms with Gasteiger partial charge in [-0.2, -0.15) is 0 Å². The zero-order valence-electron chi connectivity index (χ0n) is 9.20. The first-order valence-electron chi connectivity index (χ1n) is 5.48. The van der Waals surface area contributed by atoms with Crippen molar-refractivity contribution in [2.45, 2.75) is 6.92 Å². The molecule has 3 rings (SSSR count). The van der Waals surface area contributed by atoms with Gasteiger partial charge in [0, 0.05) is 16.6 Å². The van der Waals surface area contributed by atoms with Crippen LogP contribution in [0.25, 0.3) is 22.2 Å². The number of fused-ring (bicyclic) bond motifs is 1. The molecule has 0 fully saturated rings. The van der Waals surface area contributed by atoms with Crippen molar-refractivity contribution < 1.29 is 0 Å². The molecular weight excluding hydrogens is 194 g/mol. The molecule has 1 aromatic heterocycles. The summed E-state index contributed by atoms with van der Waals surface area (Å²) in [5.41, 5.74) is 4.94. The zero-order chi connectivity index (χ0) is 11.0. The van der Waals surface area contributed by atoms with E-state index in [4.69, 9.17) is 0 Å². The molecule has 1 heteroatoms. The van der Waals surface area contributed by atoms with Gasteiger partial charge >= 0.3 is 0 Å². The highest BCUT2D eigenvalue weighted by Crippen LogP contribution is 2.25. The molecule has 78 valence electrons. The molecule has 16 heavy (non-hydrogen) atoms. The maximum Gasteiger partial charge on any atom is 0.0464 e. The first kappa shape index (κ1) is 9.22. The van der Waals surface area contributed by atoms with Gasteiger partial charge in [-0.1, -0.05) is 42.5 Å². The van der Waals surface area contributed by atoms with Crippen molar-refractivity contribution in [1.29, 1.82) is 0 Å². The van der Waals surface area contributed by atoms with Crippen molar-refractivity contribution >= 4 is 10.9 Å². The van der Waals surface area contributed by atoms with Gasteiger partial charge in [-0.05, 0) is 30.2 Å². The molecule has 0 aliphatic rings. The molecule has 0 aliphatic carbocycles. The Kier molecular flexibility index (Phi) is 2.03. The van der Waals surface area contributed by atoms with Gasteiger partial charge in [-0.25, -0.2) is 0 Å². The van der Waals surface area contributed by atoms with Crippen molar-refractivity contribution in [3.05, 3.63) is 60.2 Å². The van der Waals surface area contributed by atoms with Gasteiger partial charge in [0.15, 0.2) is 0 Å². The summed E-state index contributed by atoms with van der Waals surface area (Å²) < 4.78 is 0. The lowest BCUT2D eigenvalue weighted by Gasteiger charge is -1.94. The third kappa shape index (κ3) is 1.41. The molecule has 0 amide bonds. The number of nitrogens with one attached hydrogen (secondary N) is 1. The van der Waals surface area contributed by atoms with E-state index in [0.29, 0.717) is 0 Å². The van der Waals surface area contributed by atoms with Crippen molar-refractivity contribution in [2.24, 2.45) is 0 Å². The lowest BCUT2D eigenvalue weighted by Crippen LogP contribution is -1.74. The van der Waals surface area contributed by atoms with Crippen LogP contribution in [-0.2, 0) is 0 Å². The summed E-state index contributed by atoms with van der Waals surface area (Å²) in [5, 5.41) is 1.31. The minimum atomic E-state index is 1.19. The highest BCUT2D eigenvalue weighted by atomic mass is 14.7. The minimum Gasteiger partial charge on any atom is -0.355 e. The SMILES string of the molecule is Cc1cccc2[nH]c(-c3ccccc3)cc12. The second-order valence-corrected chi connectivity index (χ2v) is 4.09. The largest absolute Gasteiger partial charge is 0.355 e. The van der Waals surface area contributed by atoms with E-state index in [0.717, 1.165) is 0 Å². The number of aromatic amines is 1. The van der Waals surface area contributed by atoms with E-state index in [1.54, 1.807) is 0 Å². The van der Waals surface area contributed by atoms with Crippen LogP contribution in [0.5, 0.6) is 0 Å². The number of H-pyrrole nitrogens is 1. The number of hydrogen-bond donors (Lipinski definition) is 1. The maximum atomic E-state index is 3.45. The summed E-state index contributed by atoms with van der Waals surface area (Å²) in [6.45, 7) is 2.14. The lowest BCUT2D eigenvalue weighted by atomic mass is 10.1. The topological polar surface area (TPSA) is 15.8 Å². The van der Waals surface area contributed by atoms with Gasteiger partial charge in [-0.3, -0.25) is 0 Å². The maximum absolute atomic E-state index is 3.45. The molecule has 1 nitrogen and oxygen atoms in total. The van der Waals surface area contributed by atoms with Crippen molar-refractivity contribution in [3.63, 3.8) is 0 Å². The van der Waals surface area contributed by atoms with Crippen LogP contribution in [0, 0.1) is 6.92 Å². The van der Waals surface area contributed by atoms with Crippen LogP contribution in [0.1, 0.15) is 5.56 Å². The average molecular weight is 207 g/mol. The van der Waals surface area contributed by atoms with Gasteiger partial charge in [-0.15, -0.1) is 0 Å². The highest BCUT2D eigenvalue weighted by molar-refractivity contribution is 5.88. The van der Waals surface area contributed by atoms with Gasteiger partial charge in [0.25, 0.3) is 0 Å². The quantitative estimate of drug-likeness (QED) is 0.617. The third-order valence-electron chi connectivity index (χ3n) is 2.97. The summed E-state index contributed by atoms with van der Waals surface area (Å²) in [6, 6.07) is 19.0. The Morgan fingerprint density at radius 3 is 2.44 bits per heavy atom. The third-order valence-corrected chi connectivity index (χ3v) is 2.97. The fourth-order valence-corrected chi connectivity index (χ4v) is 2.08. The molecule has 0 atom stereocenters. The summed E-state index contributed by atoms with van der Waals surface area (Å²) in [5.74, 6) is 0. The molecule has 0 unspecified atom stereocenters. The highest BCUT2D eigenvalue weighted by Gasteiger charge is 2.03. The van der Waals surface area contributed by atoms with Gasteiger partial charge < -0.3 is 4.98 Å². The van der Waals surface area contributed by atoms with E-state index < -0.39 is 0 Å². The smallest absolute Gasteiger partial charge is 0.0464 e. The fourth-order valence-electron chi connectivity index (χ4n) is 2.08. The number of rotatable bonds is 1. The zero-order valence-corrected chi connectivity index (χ0v) is 9.20. The number of hydrogen-bond acceptors (Lipinski definition) is 0. The normalized spacial score (nSPS) is 10.8. The van der Waals surface area contributed by atoms with Crippen LogP contribution in [0.15, 0.2) is 54.6 Å². The molecular formula is C15H13N. The molecule has 0 bridgehead atoms. The molecule has 0 saturated heterocycles. The van der Waals surface area contributed by atoms with Crippen LogP contribution in [0.2, 0.25) is 0 Å². The molecule has 1 heterocycles. The Bertz CT molecular complexity index is 620. The average Bonchev–Trinajstić information content (AvgIpc) is 2.76. The summed E-state index contributed by atoms with van der Waals surface area (Å²) in [6.07, 6.45) is 0. The van der Waals surface area contributed by atoms with Crippen LogP contribution >= 0.6 is 0 Å². The molecule has 2 aromatic carbocycles. The van der Waals surface area contributed by atoms with E-state index in [9.17, 15) is 0 Å². The van der Waals surface area contributed by atoms with E-state index >= 15 is 0 Å². The van der Waals surface area contributed by atoms with Crippen LogP contribution < -0.4 is 0 Å². The van der Waals surface area contributed by atoms with Crippen LogP contribution in [0.3, 0.4) is 0 Å². The van der Waals surface area contributed by atoms with Gasteiger partial charge in [0.1, 0.15) is 0 Å². The molecule has 0 saturated carbocycles. The monoisotopic (exact) mass is 207 g/mol. The predicted octanol–water partition coefficient (Wildman–Crippen LogP) is 4.14. The Balaban J connectivity index is 2.23. The van der Waals surface area contributed by atoms with E-state index in [1.807, 2.05) is 6.07 Å². The standard InChI is InChI=1S/C15H13N/c1-11-6-5-9-14-13(11)10-15(16-14)12-7-3-2-4-8-12/h2-10,16H,1H3.